The van der Waals surface area contributed by atoms with Gasteiger partial charge in [0, 0.05) is 0 Å². The Balaban J connectivity index is 2.20. The standard InChI is InChI=1S/C12H20/c1-9-7-10(2)12-6-4-3-5-11(12)8-9/h9-10H,3-8H2,1-2H3. The normalized spacial score (nSPS) is 36.5. The molecule has 0 amide bonds. The Kier molecular flexibility index (Phi) is 2.25. The highest BCUT2D eigenvalue weighted by molar-refractivity contribution is 5.22. The van der Waals surface area contributed by atoms with E-state index in [0.717, 1.165) is 11.8 Å². The molecule has 2 aliphatic rings. The van der Waals surface area contributed by atoms with E-state index in [1.807, 2.05) is 11.1 Å². The van der Waals surface area contributed by atoms with Crippen molar-refractivity contribution in [2.75, 3.05) is 0 Å². The zero-order valence-electron chi connectivity index (χ0n) is 8.40. The molecule has 0 saturated carbocycles. The molecular formula is C12H20. The third kappa shape index (κ3) is 1.44. The smallest absolute Gasteiger partial charge is 0.0226 e. The summed E-state index contributed by atoms with van der Waals surface area (Å²) in [5.74, 6) is 1.86. The average molecular weight is 164 g/mol. The summed E-state index contributed by atoms with van der Waals surface area (Å²) in [7, 11) is 0. The molecular weight excluding hydrogens is 144 g/mol. The summed E-state index contributed by atoms with van der Waals surface area (Å²) in [5, 5.41) is 0. The van der Waals surface area contributed by atoms with E-state index >= 15 is 0 Å². The molecule has 0 aliphatic heterocycles. The predicted octanol–water partition coefficient (Wildman–Crippen LogP) is 3.92. The van der Waals surface area contributed by atoms with E-state index in [9.17, 15) is 0 Å². The van der Waals surface area contributed by atoms with Crippen LogP contribution in [0.2, 0.25) is 0 Å². The van der Waals surface area contributed by atoms with E-state index < -0.39 is 0 Å². The van der Waals surface area contributed by atoms with Crippen LogP contribution >= 0.6 is 0 Å². The quantitative estimate of drug-likeness (QED) is 0.476. The van der Waals surface area contributed by atoms with Crippen LogP contribution in [-0.4, -0.2) is 0 Å². The van der Waals surface area contributed by atoms with Gasteiger partial charge in [-0.1, -0.05) is 25.0 Å². The summed E-state index contributed by atoms with van der Waals surface area (Å²) >= 11 is 0. The van der Waals surface area contributed by atoms with Gasteiger partial charge in [0.05, 0.1) is 0 Å². The Labute approximate surface area is 76.1 Å². The minimum absolute atomic E-state index is 0.907. The maximum absolute atomic E-state index is 2.43. The molecule has 2 unspecified atom stereocenters. The summed E-state index contributed by atoms with van der Waals surface area (Å²) in [6.07, 6.45) is 8.61. The molecule has 0 saturated heterocycles. The Morgan fingerprint density at radius 3 is 2.67 bits per heavy atom. The highest BCUT2D eigenvalue weighted by Gasteiger charge is 2.25. The third-order valence-corrected chi connectivity index (χ3v) is 3.57. The van der Waals surface area contributed by atoms with Gasteiger partial charge < -0.3 is 0 Å². The first-order valence-corrected chi connectivity index (χ1v) is 5.48. The van der Waals surface area contributed by atoms with Crippen molar-refractivity contribution in [2.45, 2.75) is 52.4 Å². The van der Waals surface area contributed by atoms with Crippen LogP contribution in [0.1, 0.15) is 52.4 Å². The molecule has 0 aromatic carbocycles. The summed E-state index contributed by atoms with van der Waals surface area (Å²) in [5.41, 5.74) is 3.69. The van der Waals surface area contributed by atoms with E-state index in [0.29, 0.717) is 0 Å². The SMILES string of the molecule is CC1CC2=C(CCCC2)C(C)C1. The largest absolute Gasteiger partial charge is 0.0705 e. The van der Waals surface area contributed by atoms with Gasteiger partial charge >= 0.3 is 0 Å². The molecule has 0 N–H and O–H groups in total. The summed E-state index contributed by atoms with van der Waals surface area (Å²) in [6.45, 7) is 4.84. The number of hydrogen-bond acceptors (Lipinski definition) is 0. The van der Waals surface area contributed by atoms with Gasteiger partial charge in [0.2, 0.25) is 0 Å². The van der Waals surface area contributed by atoms with Crippen molar-refractivity contribution in [1.29, 1.82) is 0 Å². The van der Waals surface area contributed by atoms with Crippen LogP contribution < -0.4 is 0 Å². The monoisotopic (exact) mass is 164 g/mol. The fraction of sp³-hybridized carbons (Fsp3) is 0.833. The van der Waals surface area contributed by atoms with E-state index in [1.165, 1.54) is 38.5 Å². The van der Waals surface area contributed by atoms with Gasteiger partial charge in [-0.15, -0.1) is 0 Å². The Hall–Kier alpha value is -0.260. The lowest BCUT2D eigenvalue weighted by Gasteiger charge is -2.33. The second kappa shape index (κ2) is 3.24. The first kappa shape index (κ1) is 8.34. The molecule has 0 radical (unpaired) electrons. The lowest BCUT2D eigenvalue weighted by Crippen LogP contribution is -2.18. The zero-order chi connectivity index (χ0) is 8.55. The highest BCUT2D eigenvalue weighted by Crippen LogP contribution is 2.40. The number of rotatable bonds is 0. The molecule has 68 valence electrons. The fourth-order valence-electron chi connectivity index (χ4n) is 3.07. The second-order valence-electron chi connectivity index (χ2n) is 4.78. The molecule has 0 fully saturated rings. The van der Waals surface area contributed by atoms with Crippen molar-refractivity contribution in [1.82, 2.24) is 0 Å². The van der Waals surface area contributed by atoms with Gasteiger partial charge in [0.15, 0.2) is 0 Å². The molecule has 0 spiro atoms. The second-order valence-corrected chi connectivity index (χ2v) is 4.78. The molecule has 0 aromatic heterocycles. The summed E-state index contributed by atoms with van der Waals surface area (Å²) in [4.78, 5) is 0. The van der Waals surface area contributed by atoms with Gasteiger partial charge in [-0.05, 0) is 50.4 Å². The molecule has 2 rings (SSSR count). The van der Waals surface area contributed by atoms with Crippen LogP contribution in [0.3, 0.4) is 0 Å². The molecule has 0 aromatic rings. The Morgan fingerprint density at radius 1 is 1.08 bits per heavy atom. The van der Waals surface area contributed by atoms with E-state index in [4.69, 9.17) is 0 Å². The van der Waals surface area contributed by atoms with Crippen molar-refractivity contribution in [3.8, 4) is 0 Å². The van der Waals surface area contributed by atoms with E-state index in [-0.39, 0.29) is 0 Å². The summed E-state index contributed by atoms with van der Waals surface area (Å²) in [6, 6.07) is 0. The van der Waals surface area contributed by atoms with Crippen molar-refractivity contribution >= 4 is 0 Å². The van der Waals surface area contributed by atoms with Gasteiger partial charge in [-0.2, -0.15) is 0 Å². The van der Waals surface area contributed by atoms with Gasteiger partial charge in [-0.25, -0.2) is 0 Å². The Morgan fingerprint density at radius 2 is 1.83 bits per heavy atom. The van der Waals surface area contributed by atoms with Gasteiger partial charge in [-0.3, -0.25) is 0 Å². The third-order valence-electron chi connectivity index (χ3n) is 3.57. The van der Waals surface area contributed by atoms with Crippen LogP contribution in [0.15, 0.2) is 11.1 Å². The van der Waals surface area contributed by atoms with E-state index in [1.54, 1.807) is 0 Å². The average Bonchev–Trinajstić information content (AvgIpc) is 2.04. The number of hydrogen-bond donors (Lipinski definition) is 0. The zero-order valence-corrected chi connectivity index (χ0v) is 8.40. The lowest BCUT2D eigenvalue weighted by molar-refractivity contribution is 0.382. The minimum atomic E-state index is 0.907. The number of allylic oxidation sites excluding steroid dienone is 2. The van der Waals surface area contributed by atoms with Crippen LogP contribution in [0, 0.1) is 11.8 Å². The minimum Gasteiger partial charge on any atom is -0.0705 e. The first-order chi connectivity index (χ1) is 5.77. The molecule has 2 atom stereocenters. The molecule has 0 nitrogen and oxygen atoms in total. The van der Waals surface area contributed by atoms with Gasteiger partial charge in [0.25, 0.3) is 0 Å². The topological polar surface area (TPSA) is 0 Å². The highest BCUT2D eigenvalue weighted by atomic mass is 14.3. The molecule has 0 heterocycles. The fourth-order valence-corrected chi connectivity index (χ4v) is 3.07. The molecule has 2 aliphatic carbocycles. The maximum atomic E-state index is 2.43. The molecule has 0 heteroatoms. The van der Waals surface area contributed by atoms with Crippen molar-refractivity contribution in [3.05, 3.63) is 11.1 Å². The van der Waals surface area contributed by atoms with Crippen molar-refractivity contribution < 1.29 is 0 Å². The van der Waals surface area contributed by atoms with E-state index in [2.05, 4.69) is 13.8 Å². The van der Waals surface area contributed by atoms with Crippen LogP contribution in [0.4, 0.5) is 0 Å². The van der Waals surface area contributed by atoms with Crippen molar-refractivity contribution in [2.24, 2.45) is 11.8 Å². The first-order valence-electron chi connectivity index (χ1n) is 5.48. The molecule has 12 heavy (non-hydrogen) atoms. The predicted molar refractivity (Wildman–Crippen MR) is 53.1 cm³/mol. The summed E-state index contributed by atoms with van der Waals surface area (Å²) < 4.78 is 0. The molecule has 0 bridgehead atoms. The maximum Gasteiger partial charge on any atom is -0.0226 e. The lowest BCUT2D eigenvalue weighted by atomic mass is 9.73. The van der Waals surface area contributed by atoms with Crippen LogP contribution in [0.5, 0.6) is 0 Å². The van der Waals surface area contributed by atoms with Crippen molar-refractivity contribution in [3.63, 3.8) is 0 Å². The van der Waals surface area contributed by atoms with Gasteiger partial charge in [0.1, 0.15) is 0 Å². The Bertz CT molecular complexity index is 200. The van der Waals surface area contributed by atoms with Crippen LogP contribution in [0.25, 0.3) is 0 Å². The van der Waals surface area contributed by atoms with Crippen LogP contribution in [-0.2, 0) is 0 Å².